The van der Waals surface area contributed by atoms with E-state index in [0.29, 0.717) is 17.5 Å². The maximum Gasteiger partial charge on any atom is 0.164 e. The topological polar surface area (TPSA) is 56.7 Å². The summed E-state index contributed by atoms with van der Waals surface area (Å²) in [6.45, 7) is 0. The van der Waals surface area contributed by atoms with Crippen molar-refractivity contribution < 1.29 is 4.42 Å². The first-order chi connectivity index (χ1) is 30.7. The van der Waals surface area contributed by atoms with Gasteiger partial charge in [-0.05, 0) is 85.9 Å². The minimum atomic E-state index is 0.576. The van der Waals surface area contributed by atoms with Crippen molar-refractivity contribution in [2.75, 3.05) is 0 Å². The van der Waals surface area contributed by atoms with Crippen LogP contribution in [0.1, 0.15) is 0 Å². The van der Waals surface area contributed by atoms with E-state index in [4.69, 9.17) is 19.4 Å². The number of furan rings is 1. The molecule has 0 aliphatic heterocycles. The Kier molecular flexibility index (Phi) is 7.54. The summed E-state index contributed by atoms with van der Waals surface area (Å²) < 4.78 is 9.15. The number of benzene rings is 10. The Hall–Kier alpha value is -8.41. The summed E-state index contributed by atoms with van der Waals surface area (Å²) >= 11 is 0. The van der Waals surface area contributed by atoms with Gasteiger partial charge < -0.3 is 8.98 Å². The Bertz CT molecular complexity index is 3920. The summed E-state index contributed by atoms with van der Waals surface area (Å²) in [6, 6.07) is 72.7. The first kappa shape index (κ1) is 34.5. The average Bonchev–Trinajstić information content (AvgIpc) is 3.89. The third-order valence-electron chi connectivity index (χ3n) is 12.4. The highest BCUT2D eigenvalue weighted by Crippen LogP contribution is 2.44. The van der Waals surface area contributed by atoms with Gasteiger partial charge in [-0.25, -0.2) is 15.0 Å². The summed E-state index contributed by atoms with van der Waals surface area (Å²) in [4.78, 5) is 15.8. The predicted octanol–water partition coefficient (Wildman–Crippen LogP) is 15.0. The molecule has 10 aromatic carbocycles. The SMILES string of the molecule is c1ccc(-c2nc(-c3ccccc3-c3ccccc3)nc(-c3cc4oc5ccccc5c4c4cc(-n5c6cc7ccccc7cc6c6c7ccccc7ccc65)ccc34)n2)cc1. The van der Waals surface area contributed by atoms with Gasteiger partial charge in [0.15, 0.2) is 17.5 Å². The number of hydrogen-bond acceptors (Lipinski definition) is 4. The average molecular weight is 791 g/mol. The van der Waals surface area contributed by atoms with Crippen molar-refractivity contribution in [3.05, 3.63) is 206 Å². The molecule has 0 aliphatic rings. The van der Waals surface area contributed by atoms with E-state index in [-0.39, 0.29) is 0 Å². The molecule has 5 nitrogen and oxygen atoms in total. The van der Waals surface area contributed by atoms with Crippen LogP contribution >= 0.6 is 0 Å². The van der Waals surface area contributed by atoms with E-state index >= 15 is 0 Å². The molecule has 62 heavy (non-hydrogen) atoms. The van der Waals surface area contributed by atoms with Gasteiger partial charge in [0.05, 0.1) is 11.0 Å². The van der Waals surface area contributed by atoms with E-state index in [9.17, 15) is 0 Å². The molecular formula is C57H34N4O. The number of hydrogen-bond donors (Lipinski definition) is 0. The molecular weight excluding hydrogens is 757 g/mol. The van der Waals surface area contributed by atoms with Crippen molar-refractivity contribution in [2.45, 2.75) is 0 Å². The highest BCUT2D eigenvalue weighted by molar-refractivity contribution is 6.25. The van der Waals surface area contributed by atoms with E-state index in [2.05, 4.69) is 168 Å². The molecule has 0 saturated heterocycles. The van der Waals surface area contributed by atoms with E-state index in [0.717, 1.165) is 77.2 Å². The van der Waals surface area contributed by atoms with Crippen molar-refractivity contribution >= 4 is 76.1 Å². The monoisotopic (exact) mass is 790 g/mol. The van der Waals surface area contributed by atoms with E-state index < -0.39 is 0 Å². The normalized spacial score (nSPS) is 11.9. The Morgan fingerprint density at radius 1 is 0.323 bits per heavy atom. The summed E-state index contributed by atoms with van der Waals surface area (Å²) in [6.07, 6.45) is 0. The number of nitrogens with zero attached hydrogens (tertiary/aromatic N) is 4. The molecule has 0 radical (unpaired) electrons. The van der Waals surface area contributed by atoms with Crippen LogP contribution in [-0.2, 0) is 0 Å². The van der Waals surface area contributed by atoms with Gasteiger partial charge in [0, 0.05) is 43.9 Å². The summed E-state index contributed by atoms with van der Waals surface area (Å²) in [5.74, 6) is 1.78. The lowest BCUT2D eigenvalue weighted by molar-refractivity contribution is 0.669. The van der Waals surface area contributed by atoms with E-state index in [1.165, 1.54) is 32.3 Å². The van der Waals surface area contributed by atoms with Crippen molar-refractivity contribution in [1.29, 1.82) is 0 Å². The lowest BCUT2D eigenvalue weighted by atomic mass is 9.97. The number of fused-ring (bicyclic) bond motifs is 11. The Morgan fingerprint density at radius 3 is 1.76 bits per heavy atom. The molecule has 5 heteroatoms. The third kappa shape index (κ3) is 5.32. The first-order valence-corrected chi connectivity index (χ1v) is 20.9. The van der Waals surface area contributed by atoms with Crippen LogP contribution in [0.5, 0.6) is 0 Å². The van der Waals surface area contributed by atoms with Gasteiger partial charge in [-0.2, -0.15) is 0 Å². The van der Waals surface area contributed by atoms with Gasteiger partial charge in [-0.3, -0.25) is 0 Å². The largest absolute Gasteiger partial charge is 0.456 e. The molecule has 0 spiro atoms. The van der Waals surface area contributed by atoms with Crippen molar-refractivity contribution in [1.82, 2.24) is 19.5 Å². The Balaban J connectivity index is 1.11. The molecule has 13 rings (SSSR count). The molecule has 13 aromatic rings. The van der Waals surface area contributed by atoms with Gasteiger partial charge in [-0.1, -0.05) is 164 Å². The van der Waals surface area contributed by atoms with E-state index in [1.807, 2.05) is 42.5 Å². The molecule has 0 atom stereocenters. The maximum atomic E-state index is 6.72. The molecule has 0 amide bonds. The fourth-order valence-corrected chi connectivity index (χ4v) is 9.58. The Morgan fingerprint density at radius 2 is 0.952 bits per heavy atom. The minimum absolute atomic E-state index is 0.576. The zero-order chi connectivity index (χ0) is 40.7. The van der Waals surface area contributed by atoms with Crippen LogP contribution in [0.3, 0.4) is 0 Å². The lowest BCUT2D eigenvalue weighted by Crippen LogP contribution is -2.02. The molecule has 3 aromatic heterocycles. The second-order valence-electron chi connectivity index (χ2n) is 15.9. The smallest absolute Gasteiger partial charge is 0.164 e. The van der Waals surface area contributed by atoms with Crippen LogP contribution < -0.4 is 0 Å². The Labute approximate surface area is 355 Å². The molecule has 3 heterocycles. The van der Waals surface area contributed by atoms with E-state index in [1.54, 1.807) is 0 Å². The van der Waals surface area contributed by atoms with Crippen molar-refractivity contribution in [3.8, 4) is 51.0 Å². The van der Waals surface area contributed by atoms with Crippen molar-refractivity contribution in [2.24, 2.45) is 0 Å². The second kappa shape index (κ2) is 13.6. The maximum absolute atomic E-state index is 6.72. The fraction of sp³-hybridized carbons (Fsp3) is 0. The molecule has 0 N–H and O–H groups in total. The standard InChI is InChI=1S/C57H34N4O/c1-3-15-35(16-4-1)41-22-11-12-24-44(41)56-58-55(37-18-5-2-6-19-37)59-57(60-56)47-34-52-54(45-25-13-14-26-51(45)62-52)46-33-40(28-29-43(46)47)61-49-30-27-36-17-9-10-23-42(36)53(49)48-31-38-20-7-8-21-39(38)32-50(48)61/h1-34H. The van der Waals surface area contributed by atoms with Gasteiger partial charge in [0.2, 0.25) is 0 Å². The number of rotatable bonds is 5. The zero-order valence-corrected chi connectivity index (χ0v) is 33.3. The first-order valence-electron chi connectivity index (χ1n) is 20.9. The molecule has 0 unspecified atom stereocenters. The van der Waals surface area contributed by atoms with Crippen LogP contribution in [-0.4, -0.2) is 19.5 Å². The van der Waals surface area contributed by atoms with Crippen LogP contribution in [0.15, 0.2) is 211 Å². The van der Waals surface area contributed by atoms with Crippen LogP contribution in [0, 0.1) is 0 Å². The van der Waals surface area contributed by atoms with Crippen LogP contribution in [0.2, 0.25) is 0 Å². The molecule has 0 fully saturated rings. The van der Waals surface area contributed by atoms with Gasteiger partial charge in [0.1, 0.15) is 11.2 Å². The van der Waals surface area contributed by atoms with Gasteiger partial charge >= 0.3 is 0 Å². The number of aromatic nitrogens is 4. The third-order valence-corrected chi connectivity index (χ3v) is 12.4. The quantitative estimate of drug-likeness (QED) is 0.174. The van der Waals surface area contributed by atoms with Gasteiger partial charge in [0.25, 0.3) is 0 Å². The lowest BCUT2D eigenvalue weighted by Gasteiger charge is -2.14. The molecule has 0 aliphatic carbocycles. The summed E-state index contributed by atoms with van der Waals surface area (Å²) in [5, 5.41) is 11.6. The minimum Gasteiger partial charge on any atom is -0.456 e. The molecule has 0 bridgehead atoms. The fourth-order valence-electron chi connectivity index (χ4n) is 9.58. The second-order valence-corrected chi connectivity index (χ2v) is 15.9. The summed E-state index contributed by atoms with van der Waals surface area (Å²) in [7, 11) is 0. The van der Waals surface area contributed by atoms with Crippen molar-refractivity contribution in [3.63, 3.8) is 0 Å². The highest BCUT2D eigenvalue weighted by Gasteiger charge is 2.22. The highest BCUT2D eigenvalue weighted by atomic mass is 16.3. The number of para-hydroxylation sites is 1. The zero-order valence-electron chi connectivity index (χ0n) is 33.3. The van der Waals surface area contributed by atoms with Gasteiger partial charge in [-0.15, -0.1) is 0 Å². The molecule has 288 valence electrons. The predicted molar refractivity (Wildman–Crippen MR) is 256 cm³/mol. The van der Waals surface area contributed by atoms with Crippen LogP contribution in [0.4, 0.5) is 0 Å². The summed E-state index contributed by atoms with van der Waals surface area (Å²) in [5.41, 5.74) is 9.85. The molecule has 0 saturated carbocycles. The van der Waals surface area contributed by atoms with Crippen LogP contribution in [0.25, 0.3) is 127 Å².